The van der Waals surface area contributed by atoms with Gasteiger partial charge < -0.3 is 5.11 Å². The van der Waals surface area contributed by atoms with Crippen LogP contribution in [0.2, 0.25) is 0 Å². The Bertz CT molecular complexity index is 353. The van der Waals surface area contributed by atoms with Gasteiger partial charge in [-0.25, -0.2) is 4.79 Å². The van der Waals surface area contributed by atoms with Gasteiger partial charge in [0, 0.05) is 6.08 Å². The molecule has 0 aromatic carbocycles. The topological polar surface area (TPSA) is 37.3 Å². The van der Waals surface area contributed by atoms with Gasteiger partial charge in [0.2, 0.25) is 0 Å². The number of hydrogen-bond donors (Lipinski definition) is 1. The standard InChI is InChI=1S/C22H38O2/c1-2-3-4-5-6-7-8-9-10-11-12-13-14-15-16-17-18-19-20-21-22(23)24/h6-7,9-10,20-21H,2-5,8,11-19H2,1H3,(H,23,24)/b7-6-,10-9-,21-20+. The summed E-state index contributed by atoms with van der Waals surface area (Å²) in [5.41, 5.74) is 0. The lowest BCUT2D eigenvalue weighted by Gasteiger charge is -2.00. The maximum absolute atomic E-state index is 10.3. The van der Waals surface area contributed by atoms with Gasteiger partial charge in [0.25, 0.3) is 0 Å². The molecular formula is C22H38O2. The molecule has 2 heteroatoms. The summed E-state index contributed by atoms with van der Waals surface area (Å²) in [6.45, 7) is 2.25. The summed E-state index contributed by atoms with van der Waals surface area (Å²) in [7, 11) is 0. The lowest BCUT2D eigenvalue weighted by Crippen LogP contribution is -1.85. The van der Waals surface area contributed by atoms with E-state index in [4.69, 9.17) is 5.11 Å². The number of carboxylic acid groups (broad SMARTS) is 1. The van der Waals surface area contributed by atoms with E-state index in [-0.39, 0.29) is 0 Å². The van der Waals surface area contributed by atoms with Crippen molar-refractivity contribution in [3.05, 3.63) is 36.5 Å². The lowest BCUT2D eigenvalue weighted by molar-refractivity contribution is -0.131. The number of hydrogen-bond acceptors (Lipinski definition) is 1. The highest BCUT2D eigenvalue weighted by molar-refractivity contribution is 5.79. The molecular weight excluding hydrogens is 296 g/mol. The van der Waals surface area contributed by atoms with Crippen LogP contribution in [0.5, 0.6) is 0 Å². The van der Waals surface area contributed by atoms with Crippen LogP contribution in [-0.2, 0) is 4.79 Å². The van der Waals surface area contributed by atoms with Crippen LogP contribution in [0.15, 0.2) is 36.5 Å². The van der Waals surface area contributed by atoms with Gasteiger partial charge in [0.05, 0.1) is 0 Å². The van der Waals surface area contributed by atoms with Gasteiger partial charge in [-0.2, -0.15) is 0 Å². The molecule has 0 saturated heterocycles. The van der Waals surface area contributed by atoms with E-state index in [2.05, 4.69) is 31.2 Å². The minimum Gasteiger partial charge on any atom is -0.478 e. The molecule has 0 unspecified atom stereocenters. The lowest BCUT2D eigenvalue weighted by atomic mass is 10.1. The molecule has 0 aliphatic carbocycles. The third-order valence-electron chi connectivity index (χ3n) is 4.08. The minimum atomic E-state index is -0.841. The Labute approximate surface area is 149 Å². The van der Waals surface area contributed by atoms with E-state index in [0.717, 1.165) is 19.3 Å². The molecule has 0 bridgehead atoms. The first-order chi connectivity index (χ1) is 11.8. The Morgan fingerprint density at radius 2 is 1.12 bits per heavy atom. The van der Waals surface area contributed by atoms with E-state index in [1.165, 1.54) is 76.7 Å². The van der Waals surface area contributed by atoms with Gasteiger partial charge in [-0.3, -0.25) is 0 Å². The van der Waals surface area contributed by atoms with Crippen molar-refractivity contribution in [1.82, 2.24) is 0 Å². The maximum atomic E-state index is 10.3. The Hall–Kier alpha value is -1.31. The van der Waals surface area contributed by atoms with Crippen LogP contribution in [0, 0.1) is 0 Å². The zero-order valence-electron chi connectivity index (χ0n) is 15.7. The minimum absolute atomic E-state index is 0.841. The second kappa shape index (κ2) is 19.7. The molecule has 24 heavy (non-hydrogen) atoms. The van der Waals surface area contributed by atoms with Crippen LogP contribution < -0.4 is 0 Å². The second-order valence-electron chi connectivity index (χ2n) is 6.47. The summed E-state index contributed by atoms with van der Waals surface area (Å²) >= 11 is 0. The zero-order chi connectivity index (χ0) is 17.7. The van der Waals surface area contributed by atoms with Crippen molar-refractivity contribution in [2.45, 2.75) is 96.8 Å². The Balaban J connectivity index is 3.19. The van der Waals surface area contributed by atoms with Crippen LogP contribution in [-0.4, -0.2) is 11.1 Å². The number of rotatable bonds is 17. The fraction of sp³-hybridized carbons (Fsp3) is 0.682. The monoisotopic (exact) mass is 334 g/mol. The third kappa shape index (κ3) is 20.7. The Morgan fingerprint density at radius 3 is 1.62 bits per heavy atom. The predicted molar refractivity (Wildman–Crippen MR) is 105 cm³/mol. The van der Waals surface area contributed by atoms with Crippen molar-refractivity contribution in [3.8, 4) is 0 Å². The highest BCUT2D eigenvalue weighted by Crippen LogP contribution is 2.10. The van der Waals surface area contributed by atoms with E-state index in [0.29, 0.717) is 0 Å². The molecule has 2 nitrogen and oxygen atoms in total. The van der Waals surface area contributed by atoms with Gasteiger partial charge in [-0.1, -0.05) is 82.2 Å². The van der Waals surface area contributed by atoms with Crippen molar-refractivity contribution in [1.29, 1.82) is 0 Å². The smallest absolute Gasteiger partial charge is 0.327 e. The first kappa shape index (κ1) is 22.7. The summed E-state index contributed by atoms with van der Waals surface area (Å²) in [5, 5.41) is 8.46. The molecule has 0 fully saturated rings. The van der Waals surface area contributed by atoms with E-state index >= 15 is 0 Å². The third-order valence-corrected chi connectivity index (χ3v) is 4.08. The molecule has 0 atom stereocenters. The van der Waals surface area contributed by atoms with Crippen LogP contribution in [0.3, 0.4) is 0 Å². The highest BCUT2D eigenvalue weighted by atomic mass is 16.4. The number of unbranched alkanes of at least 4 members (excludes halogenated alkanes) is 11. The molecule has 0 heterocycles. The van der Waals surface area contributed by atoms with Crippen LogP contribution in [0.4, 0.5) is 0 Å². The average Bonchev–Trinajstić information content (AvgIpc) is 2.56. The van der Waals surface area contributed by atoms with Crippen molar-refractivity contribution in [2.24, 2.45) is 0 Å². The molecule has 0 radical (unpaired) electrons. The van der Waals surface area contributed by atoms with Gasteiger partial charge in [-0.15, -0.1) is 0 Å². The quantitative estimate of drug-likeness (QED) is 0.173. The molecule has 0 rings (SSSR count). The summed E-state index contributed by atoms with van der Waals surface area (Å²) in [4.78, 5) is 10.3. The summed E-state index contributed by atoms with van der Waals surface area (Å²) in [6.07, 6.45) is 29.5. The molecule has 0 aromatic heterocycles. The van der Waals surface area contributed by atoms with Crippen LogP contribution >= 0.6 is 0 Å². The summed E-state index contributed by atoms with van der Waals surface area (Å²) in [6, 6.07) is 0. The largest absolute Gasteiger partial charge is 0.478 e. The molecule has 0 spiro atoms. The Kier molecular flexibility index (Phi) is 18.7. The van der Waals surface area contributed by atoms with E-state index in [1.54, 1.807) is 6.08 Å². The van der Waals surface area contributed by atoms with Crippen molar-refractivity contribution in [3.63, 3.8) is 0 Å². The van der Waals surface area contributed by atoms with Crippen molar-refractivity contribution >= 4 is 5.97 Å². The molecule has 0 aromatic rings. The predicted octanol–water partition coefficient (Wildman–Crippen LogP) is 7.22. The van der Waals surface area contributed by atoms with Crippen molar-refractivity contribution < 1.29 is 9.90 Å². The van der Waals surface area contributed by atoms with Gasteiger partial charge >= 0.3 is 5.97 Å². The van der Waals surface area contributed by atoms with E-state index in [9.17, 15) is 4.79 Å². The molecule has 0 aliphatic heterocycles. The summed E-state index contributed by atoms with van der Waals surface area (Å²) < 4.78 is 0. The normalized spacial score (nSPS) is 12.0. The average molecular weight is 335 g/mol. The molecule has 138 valence electrons. The fourth-order valence-corrected chi connectivity index (χ4v) is 2.61. The zero-order valence-corrected chi connectivity index (χ0v) is 15.7. The van der Waals surface area contributed by atoms with Crippen LogP contribution in [0.1, 0.15) is 96.8 Å². The summed E-state index contributed by atoms with van der Waals surface area (Å²) in [5.74, 6) is -0.841. The number of aliphatic carboxylic acids is 1. The first-order valence-corrected chi connectivity index (χ1v) is 9.96. The molecule has 0 saturated carbocycles. The van der Waals surface area contributed by atoms with Gasteiger partial charge in [0.15, 0.2) is 0 Å². The van der Waals surface area contributed by atoms with Gasteiger partial charge in [-0.05, 0) is 44.9 Å². The van der Waals surface area contributed by atoms with Crippen LogP contribution in [0.25, 0.3) is 0 Å². The van der Waals surface area contributed by atoms with E-state index < -0.39 is 5.97 Å². The Morgan fingerprint density at radius 1 is 0.667 bits per heavy atom. The molecule has 0 aliphatic rings. The number of allylic oxidation sites excluding steroid dienone is 5. The SMILES string of the molecule is CCCCC/C=C\C/C=C\CCCCCCCCC/C=C/C(=O)O. The molecule has 0 amide bonds. The first-order valence-electron chi connectivity index (χ1n) is 9.96. The number of carbonyl (C=O) groups is 1. The maximum Gasteiger partial charge on any atom is 0.327 e. The van der Waals surface area contributed by atoms with E-state index in [1.807, 2.05) is 0 Å². The molecule has 1 N–H and O–H groups in total. The van der Waals surface area contributed by atoms with Gasteiger partial charge in [0.1, 0.15) is 0 Å². The van der Waals surface area contributed by atoms with Crippen molar-refractivity contribution in [2.75, 3.05) is 0 Å². The second-order valence-corrected chi connectivity index (χ2v) is 6.47. The highest BCUT2D eigenvalue weighted by Gasteiger charge is 1.91. The number of carboxylic acids is 1. The fourth-order valence-electron chi connectivity index (χ4n) is 2.61.